The normalized spacial score (nSPS) is 29.4. The summed E-state index contributed by atoms with van der Waals surface area (Å²) in [6.45, 7) is 2.90. The number of hydrogen-bond acceptors (Lipinski definition) is 4. The van der Waals surface area contributed by atoms with E-state index in [0.29, 0.717) is 17.7 Å². The zero-order valence-electron chi connectivity index (χ0n) is 12.6. The van der Waals surface area contributed by atoms with Crippen LogP contribution in [0, 0.1) is 24.2 Å². The monoisotopic (exact) mass is 285 g/mol. The Balaban J connectivity index is 1.85. The first-order valence-electron chi connectivity index (χ1n) is 8.03. The Bertz CT molecular complexity index is 551. The molecule has 0 spiro atoms. The van der Waals surface area contributed by atoms with E-state index in [-0.39, 0.29) is 6.10 Å². The van der Waals surface area contributed by atoms with E-state index in [1.54, 1.807) is 0 Å². The van der Waals surface area contributed by atoms with Gasteiger partial charge in [-0.3, -0.25) is 0 Å². The minimum absolute atomic E-state index is 0.176. The van der Waals surface area contributed by atoms with Crippen LogP contribution in [-0.2, 0) is 0 Å². The molecule has 0 bridgehead atoms. The van der Waals surface area contributed by atoms with Crippen molar-refractivity contribution in [1.82, 2.24) is 4.98 Å². The number of hydrogen-bond donors (Lipinski definition) is 1. The Labute approximate surface area is 126 Å². The van der Waals surface area contributed by atoms with E-state index in [2.05, 4.69) is 16.0 Å². The van der Waals surface area contributed by atoms with Crippen molar-refractivity contribution in [3.8, 4) is 6.07 Å². The summed E-state index contributed by atoms with van der Waals surface area (Å²) in [5, 5.41) is 19.5. The Hall–Kier alpha value is -1.60. The van der Waals surface area contributed by atoms with Crippen molar-refractivity contribution < 1.29 is 5.11 Å². The minimum atomic E-state index is -0.176. The van der Waals surface area contributed by atoms with Crippen LogP contribution in [0.1, 0.15) is 49.8 Å². The second-order valence-corrected chi connectivity index (χ2v) is 6.37. The van der Waals surface area contributed by atoms with Gasteiger partial charge in [0, 0.05) is 18.5 Å². The van der Waals surface area contributed by atoms with Gasteiger partial charge < -0.3 is 10.0 Å². The number of aryl methyl sites for hydroxylation is 1. The lowest BCUT2D eigenvalue weighted by Gasteiger charge is -2.37. The Morgan fingerprint density at radius 3 is 2.81 bits per heavy atom. The van der Waals surface area contributed by atoms with E-state index in [1.165, 1.54) is 6.42 Å². The number of nitrogens with zero attached hydrogens (tertiary/aromatic N) is 3. The molecule has 1 aromatic heterocycles. The highest BCUT2D eigenvalue weighted by molar-refractivity contribution is 5.46. The molecule has 0 unspecified atom stereocenters. The maximum Gasteiger partial charge on any atom is 0.145 e. The van der Waals surface area contributed by atoms with Gasteiger partial charge in [0.15, 0.2) is 0 Å². The lowest BCUT2D eigenvalue weighted by molar-refractivity contribution is 0.0565. The maximum absolute atomic E-state index is 10.3. The molecular weight excluding hydrogens is 262 g/mol. The van der Waals surface area contributed by atoms with Crippen molar-refractivity contribution in [3.63, 3.8) is 0 Å². The summed E-state index contributed by atoms with van der Waals surface area (Å²) in [5.74, 6) is 1.26. The standard InChI is InChI=1S/C17H23N3O/c1-12-8-9-17(19-14(12)11-18)20-10-4-6-15(20)13-5-2-3-7-16(13)21/h8-9,13,15-16,21H,2-7,10H2,1H3/t13-,15+,16-/m0/s1. The van der Waals surface area contributed by atoms with Gasteiger partial charge in [-0.25, -0.2) is 4.98 Å². The van der Waals surface area contributed by atoms with Crippen molar-refractivity contribution in [2.45, 2.75) is 57.6 Å². The smallest absolute Gasteiger partial charge is 0.145 e. The lowest BCUT2D eigenvalue weighted by Crippen LogP contribution is -2.43. The summed E-state index contributed by atoms with van der Waals surface area (Å²) >= 11 is 0. The number of aliphatic hydroxyl groups excluding tert-OH is 1. The third-order valence-corrected chi connectivity index (χ3v) is 5.06. The summed E-state index contributed by atoms with van der Waals surface area (Å²) in [7, 11) is 0. The first-order chi connectivity index (χ1) is 10.2. The van der Waals surface area contributed by atoms with Crippen molar-refractivity contribution >= 4 is 5.82 Å². The predicted molar refractivity (Wildman–Crippen MR) is 82.0 cm³/mol. The van der Waals surface area contributed by atoms with Gasteiger partial charge in [-0.1, -0.05) is 18.9 Å². The molecule has 1 aromatic rings. The number of aromatic nitrogens is 1. The third-order valence-electron chi connectivity index (χ3n) is 5.06. The molecule has 2 aliphatic rings. The first kappa shape index (κ1) is 14.3. The number of anilines is 1. The van der Waals surface area contributed by atoms with Gasteiger partial charge in [0.1, 0.15) is 17.6 Å². The molecule has 0 radical (unpaired) electrons. The van der Waals surface area contributed by atoms with E-state index in [1.807, 2.05) is 19.1 Å². The summed E-state index contributed by atoms with van der Waals surface area (Å²) in [4.78, 5) is 6.85. The highest BCUT2D eigenvalue weighted by Gasteiger charge is 2.37. The van der Waals surface area contributed by atoms with E-state index in [4.69, 9.17) is 0 Å². The fourth-order valence-corrected chi connectivity index (χ4v) is 3.90. The molecule has 2 fully saturated rings. The summed E-state index contributed by atoms with van der Waals surface area (Å²) in [6, 6.07) is 6.55. The average Bonchev–Trinajstić information content (AvgIpc) is 2.97. The van der Waals surface area contributed by atoms with Crippen LogP contribution in [0.2, 0.25) is 0 Å². The Kier molecular flexibility index (Phi) is 4.12. The zero-order valence-corrected chi connectivity index (χ0v) is 12.6. The highest BCUT2D eigenvalue weighted by Crippen LogP contribution is 2.36. The SMILES string of the molecule is Cc1ccc(N2CCC[C@@H]2[C@@H]2CCCC[C@@H]2O)nc1C#N. The molecule has 1 saturated heterocycles. The highest BCUT2D eigenvalue weighted by atomic mass is 16.3. The third kappa shape index (κ3) is 2.75. The molecule has 3 rings (SSSR count). The molecule has 1 N–H and O–H groups in total. The van der Waals surface area contributed by atoms with Crippen LogP contribution < -0.4 is 4.90 Å². The molecule has 0 aromatic carbocycles. The van der Waals surface area contributed by atoms with Gasteiger partial charge in [-0.05, 0) is 44.2 Å². The van der Waals surface area contributed by atoms with E-state index < -0.39 is 0 Å². The predicted octanol–water partition coefficient (Wildman–Crippen LogP) is 2.78. The first-order valence-corrected chi connectivity index (χ1v) is 8.03. The molecule has 1 aliphatic heterocycles. The van der Waals surface area contributed by atoms with Gasteiger partial charge >= 0.3 is 0 Å². The van der Waals surface area contributed by atoms with Crippen LogP contribution >= 0.6 is 0 Å². The van der Waals surface area contributed by atoms with E-state index in [0.717, 1.165) is 50.0 Å². The molecule has 4 heteroatoms. The molecule has 0 amide bonds. The Morgan fingerprint density at radius 2 is 2.05 bits per heavy atom. The molecule has 4 nitrogen and oxygen atoms in total. The quantitative estimate of drug-likeness (QED) is 0.907. The second kappa shape index (κ2) is 6.03. The average molecular weight is 285 g/mol. The van der Waals surface area contributed by atoms with Crippen molar-refractivity contribution in [2.75, 3.05) is 11.4 Å². The summed E-state index contributed by atoms with van der Waals surface area (Å²) in [6.07, 6.45) is 6.50. The summed E-state index contributed by atoms with van der Waals surface area (Å²) < 4.78 is 0. The topological polar surface area (TPSA) is 60.1 Å². The van der Waals surface area contributed by atoms with Gasteiger partial charge in [-0.2, -0.15) is 5.26 Å². The number of nitriles is 1. The van der Waals surface area contributed by atoms with Crippen LogP contribution in [-0.4, -0.2) is 28.8 Å². The van der Waals surface area contributed by atoms with Crippen molar-refractivity contribution in [2.24, 2.45) is 5.92 Å². The van der Waals surface area contributed by atoms with E-state index >= 15 is 0 Å². The summed E-state index contributed by atoms with van der Waals surface area (Å²) in [5.41, 5.74) is 1.44. The van der Waals surface area contributed by atoms with Crippen LogP contribution in [0.3, 0.4) is 0 Å². The van der Waals surface area contributed by atoms with Gasteiger partial charge in [0.25, 0.3) is 0 Å². The number of aliphatic hydroxyl groups is 1. The molecule has 2 heterocycles. The van der Waals surface area contributed by atoms with Crippen molar-refractivity contribution in [1.29, 1.82) is 5.26 Å². The number of pyridine rings is 1. The van der Waals surface area contributed by atoms with Crippen LogP contribution in [0.4, 0.5) is 5.82 Å². The number of rotatable bonds is 2. The van der Waals surface area contributed by atoms with Gasteiger partial charge in [0.2, 0.25) is 0 Å². The molecule has 3 atom stereocenters. The van der Waals surface area contributed by atoms with Gasteiger partial charge in [0.05, 0.1) is 6.10 Å². The second-order valence-electron chi connectivity index (χ2n) is 6.37. The molecular formula is C17H23N3O. The fourth-order valence-electron chi connectivity index (χ4n) is 3.90. The van der Waals surface area contributed by atoms with Crippen LogP contribution in [0.5, 0.6) is 0 Å². The molecule has 112 valence electrons. The van der Waals surface area contributed by atoms with Gasteiger partial charge in [-0.15, -0.1) is 0 Å². The van der Waals surface area contributed by atoms with Crippen LogP contribution in [0.15, 0.2) is 12.1 Å². The molecule has 21 heavy (non-hydrogen) atoms. The van der Waals surface area contributed by atoms with Crippen molar-refractivity contribution in [3.05, 3.63) is 23.4 Å². The van der Waals surface area contributed by atoms with Crippen LogP contribution in [0.25, 0.3) is 0 Å². The Morgan fingerprint density at radius 1 is 1.24 bits per heavy atom. The largest absolute Gasteiger partial charge is 0.393 e. The van der Waals surface area contributed by atoms with E-state index in [9.17, 15) is 10.4 Å². The minimum Gasteiger partial charge on any atom is -0.393 e. The lowest BCUT2D eigenvalue weighted by atomic mass is 9.80. The zero-order chi connectivity index (χ0) is 14.8. The molecule has 1 aliphatic carbocycles. The fraction of sp³-hybridized carbons (Fsp3) is 0.647. The maximum atomic E-state index is 10.3. The molecule has 1 saturated carbocycles.